The molecule has 2 aromatic carbocycles. The molecule has 0 saturated carbocycles. The van der Waals surface area contributed by atoms with E-state index in [4.69, 9.17) is 32.7 Å². The molecule has 1 heterocycles. The van der Waals surface area contributed by atoms with Gasteiger partial charge in [0.05, 0.1) is 0 Å². The number of nitrogens with zero attached hydrogens (tertiary/aromatic N) is 1. The molecule has 0 aromatic heterocycles. The summed E-state index contributed by atoms with van der Waals surface area (Å²) in [7, 11) is 0. The third-order valence-electron chi connectivity index (χ3n) is 5.27. The maximum Gasteiger partial charge on any atom is 0.243 e. The molecule has 32 heavy (non-hydrogen) atoms. The van der Waals surface area contributed by atoms with Crippen molar-refractivity contribution in [2.75, 3.05) is 6.79 Å². The summed E-state index contributed by atoms with van der Waals surface area (Å²) < 4.78 is 10.8. The molecule has 0 bridgehead atoms. The third kappa shape index (κ3) is 5.87. The average molecular weight is 479 g/mol. The van der Waals surface area contributed by atoms with Crippen LogP contribution in [-0.2, 0) is 22.6 Å². The highest BCUT2D eigenvalue weighted by atomic mass is 35.5. The molecule has 0 saturated heterocycles. The summed E-state index contributed by atoms with van der Waals surface area (Å²) in [5.74, 6) is 1.04. The first-order chi connectivity index (χ1) is 15.3. The summed E-state index contributed by atoms with van der Waals surface area (Å²) >= 11 is 12.7. The van der Waals surface area contributed by atoms with Gasteiger partial charge in [-0.25, -0.2) is 0 Å². The molecule has 2 amide bonds. The lowest BCUT2D eigenvalue weighted by molar-refractivity contribution is -0.141. The summed E-state index contributed by atoms with van der Waals surface area (Å²) in [6.07, 6.45) is 1.20. The zero-order valence-electron chi connectivity index (χ0n) is 18.5. The number of halogens is 2. The highest BCUT2D eigenvalue weighted by Crippen LogP contribution is 2.33. The second-order valence-corrected chi connectivity index (χ2v) is 8.81. The van der Waals surface area contributed by atoms with Crippen LogP contribution in [0.5, 0.6) is 11.5 Å². The lowest BCUT2D eigenvalue weighted by atomic mass is 10.1. The van der Waals surface area contributed by atoms with Crippen molar-refractivity contribution in [3.8, 4) is 11.5 Å². The van der Waals surface area contributed by atoms with Gasteiger partial charge in [0.25, 0.3) is 0 Å². The summed E-state index contributed by atoms with van der Waals surface area (Å²) in [4.78, 5) is 27.8. The molecule has 1 atom stereocenters. The van der Waals surface area contributed by atoms with Gasteiger partial charge in [-0.15, -0.1) is 0 Å². The lowest BCUT2D eigenvalue weighted by Crippen LogP contribution is -2.50. The Morgan fingerprint density at radius 2 is 1.78 bits per heavy atom. The average Bonchev–Trinajstić information content (AvgIpc) is 3.21. The molecule has 1 aliphatic rings. The van der Waals surface area contributed by atoms with E-state index in [1.54, 1.807) is 23.1 Å². The number of amides is 2. The maximum atomic E-state index is 13.4. The van der Waals surface area contributed by atoms with Gasteiger partial charge >= 0.3 is 0 Å². The van der Waals surface area contributed by atoms with Crippen molar-refractivity contribution < 1.29 is 19.1 Å². The van der Waals surface area contributed by atoms with Crippen LogP contribution < -0.4 is 14.8 Å². The maximum absolute atomic E-state index is 13.4. The minimum atomic E-state index is -0.631. The van der Waals surface area contributed by atoms with Crippen molar-refractivity contribution in [2.45, 2.75) is 58.7 Å². The molecule has 172 valence electrons. The largest absolute Gasteiger partial charge is 0.454 e. The Kier molecular flexibility index (Phi) is 8.26. The number of rotatable bonds is 9. The number of hydrogen-bond acceptors (Lipinski definition) is 4. The second kappa shape index (κ2) is 10.9. The number of benzene rings is 2. The number of aryl methyl sites for hydroxylation is 1. The first-order valence-corrected chi connectivity index (χ1v) is 11.5. The predicted octanol–water partition coefficient (Wildman–Crippen LogP) is 4.99. The fourth-order valence-electron chi connectivity index (χ4n) is 3.65. The zero-order chi connectivity index (χ0) is 23.3. The summed E-state index contributed by atoms with van der Waals surface area (Å²) in [5, 5.41) is 3.84. The summed E-state index contributed by atoms with van der Waals surface area (Å²) in [6.45, 7) is 6.02. The molecule has 1 aliphatic heterocycles. The fraction of sp³-hybridized carbons (Fsp3) is 0.417. The van der Waals surface area contributed by atoms with Crippen molar-refractivity contribution in [1.82, 2.24) is 10.2 Å². The lowest BCUT2D eigenvalue weighted by Gasteiger charge is -2.31. The van der Waals surface area contributed by atoms with Gasteiger partial charge in [-0.1, -0.05) is 42.3 Å². The predicted molar refractivity (Wildman–Crippen MR) is 125 cm³/mol. The van der Waals surface area contributed by atoms with Crippen LogP contribution in [0.25, 0.3) is 0 Å². The van der Waals surface area contributed by atoms with Gasteiger partial charge in [-0.2, -0.15) is 0 Å². The van der Waals surface area contributed by atoms with Gasteiger partial charge in [-0.3, -0.25) is 9.59 Å². The molecular weight excluding hydrogens is 451 g/mol. The Labute approximate surface area is 198 Å². The molecular formula is C24H28Cl2N2O4. The van der Waals surface area contributed by atoms with E-state index >= 15 is 0 Å². The topological polar surface area (TPSA) is 67.9 Å². The molecule has 0 spiro atoms. The van der Waals surface area contributed by atoms with E-state index in [9.17, 15) is 9.59 Å². The SMILES string of the molecule is CCC(C(=O)NC(C)C)N(Cc1c(Cl)cccc1Cl)C(=O)CCc1ccc2c(c1)OCO2. The van der Waals surface area contributed by atoms with Crippen LogP contribution in [0.4, 0.5) is 0 Å². The summed E-state index contributed by atoms with van der Waals surface area (Å²) in [6, 6.07) is 10.2. The quantitative estimate of drug-likeness (QED) is 0.551. The number of hydrogen-bond donors (Lipinski definition) is 1. The van der Waals surface area contributed by atoms with Crippen LogP contribution in [0.2, 0.25) is 10.0 Å². The van der Waals surface area contributed by atoms with Gasteiger partial charge < -0.3 is 19.7 Å². The molecule has 3 rings (SSSR count). The van der Waals surface area contributed by atoms with E-state index in [0.29, 0.717) is 39.9 Å². The molecule has 0 aliphatic carbocycles. The number of carbonyl (C=O) groups excluding carboxylic acids is 2. The Hall–Kier alpha value is -2.44. The highest BCUT2D eigenvalue weighted by molar-refractivity contribution is 6.36. The normalized spacial score (nSPS) is 13.2. The molecule has 1 unspecified atom stereocenters. The molecule has 6 nitrogen and oxygen atoms in total. The van der Waals surface area contributed by atoms with Crippen molar-refractivity contribution >= 4 is 35.0 Å². The van der Waals surface area contributed by atoms with Crippen LogP contribution in [0.15, 0.2) is 36.4 Å². The van der Waals surface area contributed by atoms with Crippen LogP contribution >= 0.6 is 23.2 Å². The minimum Gasteiger partial charge on any atom is -0.454 e. The van der Waals surface area contributed by atoms with E-state index in [2.05, 4.69) is 5.32 Å². The van der Waals surface area contributed by atoms with E-state index in [1.807, 2.05) is 39.0 Å². The minimum absolute atomic E-state index is 0.0361. The number of carbonyl (C=O) groups is 2. The van der Waals surface area contributed by atoms with Gasteiger partial charge in [0, 0.05) is 34.6 Å². The fourth-order valence-corrected chi connectivity index (χ4v) is 4.16. The first-order valence-electron chi connectivity index (χ1n) is 10.7. The Balaban J connectivity index is 1.81. The van der Waals surface area contributed by atoms with Gasteiger partial charge in [0.2, 0.25) is 18.6 Å². The highest BCUT2D eigenvalue weighted by Gasteiger charge is 2.30. The monoisotopic (exact) mass is 478 g/mol. The third-order valence-corrected chi connectivity index (χ3v) is 5.98. The molecule has 1 N–H and O–H groups in total. The number of fused-ring (bicyclic) bond motifs is 1. The summed E-state index contributed by atoms with van der Waals surface area (Å²) in [5.41, 5.74) is 1.58. The van der Waals surface area contributed by atoms with Gasteiger partial charge in [-0.05, 0) is 56.5 Å². The van der Waals surface area contributed by atoms with Gasteiger partial charge in [0.1, 0.15) is 6.04 Å². The van der Waals surface area contributed by atoms with E-state index in [-0.39, 0.29) is 37.6 Å². The van der Waals surface area contributed by atoms with Crippen molar-refractivity contribution in [1.29, 1.82) is 0 Å². The number of nitrogens with one attached hydrogen (secondary N) is 1. The van der Waals surface area contributed by atoms with Crippen molar-refractivity contribution in [3.63, 3.8) is 0 Å². The zero-order valence-corrected chi connectivity index (χ0v) is 20.0. The smallest absolute Gasteiger partial charge is 0.243 e. The standard InChI is InChI=1S/C24H28Cl2N2O4/c1-4-20(24(30)27-15(2)3)28(13-17-18(25)6-5-7-19(17)26)23(29)11-9-16-8-10-21-22(12-16)32-14-31-21/h5-8,10,12,15,20H,4,9,11,13-14H2,1-3H3,(H,27,30). The van der Waals surface area contributed by atoms with Crippen LogP contribution in [-0.4, -0.2) is 35.6 Å². The van der Waals surface area contributed by atoms with Crippen LogP contribution in [0.1, 0.15) is 44.7 Å². The Morgan fingerprint density at radius 3 is 2.44 bits per heavy atom. The van der Waals surface area contributed by atoms with Crippen molar-refractivity contribution in [3.05, 3.63) is 57.6 Å². The van der Waals surface area contributed by atoms with E-state index in [1.165, 1.54) is 0 Å². The second-order valence-electron chi connectivity index (χ2n) is 8.00. The van der Waals surface area contributed by atoms with E-state index in [0.717, 1.165) is 5.56 Å². The molecule has 0 fully saturated rings. The van der Waals surface area contributed by atoms with Crippen LogP contribution in [0, 0.1) is 0 Å². The van der Waals surface area contributed by atoms with Crippen molar-refractivity contribution in [2.24, 2.45) is 0 Å². The number of ether oxygens (including phenoxy) is 2. The Bertz CT molecular complexity index is 960. The molecule has 0 radical (unpaired) electrons. The van der Waals surface area contributed by atoms with E-state index < -0.39 is 6.04 Å². The van der Waals surface area contributed by atoms with Gasteiger partial charge in [0.15, 0.2) is 11.5 Å². The first kappa shape index (κ1) is 24.2. The van der Waals surface area contributed by atoms with Crippen LogP contribution in [0.3, 0.4) is 0 Å². The Morgan fingerprint density at radius 1 is 1.09 bits per heavy atom. The molecule has 8 heteroatoms. The molecule has 2 aromatic rings.